The van der Waals surface area contributed by atoms with Crippen LogP contribution >= 0.6 is 11.3 Å². The van der Waals surface area contributed by atoms with Crippen LogP contribution in [0.2, 0.25) is 0 Å². The predicted octanol–water partition coefficient (Wildman–Crippen LogP) is 1.00. The number of ether oxygens (including phenoxy) is 1. The number of aryl methyl sites for hydroxylation is 1. The molecule has 1 saturated heterocycles. The fourth-order valence-electron chi connectivity index (χ4n) is 2.05. The van der Waals surface area contributed by atoms with Gasteiger partial charge in [-0.25, -0.2) is 0 Å². The molecule has 1 aliphatic heterocycles. The normalized spacial score (nSPS) is 17.5. The van der Waals surface area contributed by atoms with Crippen molar-refractivity contribution in [2.45, 2.75) is 20.4 Å². The molecule has 0 N–H and O–H groups in total. The van der Waals surface area contributed by atoms with Crippen LogP contribution in [0.15, 0.2) is 0 Å². The Kier molecular flexibility index (Phi) is 5.49. The number of rotatable bonds is 6. The van der Waals surface area contributed by atoms with E-state index < -0.39 is 0 Å². The number of morpholine rings is 1. The second-order valence-corrected chi connectivity index (χ2v) is 5.80. The zero-order valence-electron chi connectivity index (χ0n) is 11.3. The average molecular weight is 270 g/mol. The Morgan fingerprint density at radius 1 is 1.33 bits per heavy atom. The van der Waals surface area contributed by atoms with Crippen LogP contribution in [-0.4, -0.2) is 65.9 Å². The van der Waals surface area contributed by atoms with Crippen LogP contribution in [0.5, 0.6) is 0 Å². The number of nitrogens with zero attached hydrogens (tertiary/aromatic N) is 4. The summed E-state index contributed by atoms with van der Waals surface area (Å²) in [7, 11) is 0. The lowest BCUT2D eigenvalue weighted by atomic mass is 10.4. The van der Waals surface area contributed by atoms with Crippen LogP contribution in [0.3, 0.4) is 0 Å². The van der Waals surface area contributed by atoms with E-state index in [9.17, 15) is 0 Å². The highest BCUT2D eigenvalue weighted by atomic mass is 32.1. The van der Waals surface area contributed by atoms with Gasteiger partial charge in [0.15, 0.2) is 0 Å². The summed E-state index contributed by atoms with van der Waals surface area (Å²) in [6, 6.07) is 0. The summed E-state index contributed by atoms with van der Waals surface area (Å²) in [6.45, 7) is 12.3. The molecule has 6 heteroatoms. The molecule has 1 aliphatic rings. The van der Waals surface area contributed by atoms with Crippen molar-refractivity contribution in [2.24, 2.45) is 0 Å². The zero-order chi connectivity index (χ0) is 12.8. The van der Waals surface area contributed by atoms with Crippen LogP contribution in [0.4, 0.5) is 0 Å². The fraction of sp³-hybridized carbons (Fsp3) is 0.833. The largest absolute Gasteiger partial charge is 0.379 e. The number of aromatic nitrogens is 2. The smallest absolute Gasteiger partial charge is 0.131 e. The van der Waals surface area contributed by atoms with Crippen LogP contribution in [-0.2, 0) is 11.3 Å². The summed E-state index contributed by atoms with van der Waals surface area (Å²) in [5.41, 5.74) is 0. The van der Waals surface area contributed by atoms with Crippen molar-refractivity contribution in [2.75, 3.05) is 45.9 Å². The van der Waals surface area contributed by atoms with E-state index in [-0.39, 0.29) is 0 Å². The summed E-state index contributed by atoms with van der Waals surface area (Å²) in [4.78, 5) is 4.90. The summed E-state index contributed by atoms with van der Waals surface area (Å²) in [5.74, 6) is 0. The van der Waals surface area contributed by atoms with Crippen molar-refractivity contribution in [3.63, 3.8) is 0 Å². The van der Waals surface area contributed by atoms with Gasteiger partial charge in [0, 0.05) is 26.2 Å². The van der Waals surface area contributed by atoms with E-state index in [1.807, 2.05) is 6.92 Å². The fourth-order valence-corrected chi connectivity index (χ4v) is 2.80. The Hall–Kier alpha value is -0.560. The molecule has 18 heavy (non-hydrogen) atoms. The van der Waals surface area contributed by atoms with Crippen molar-refractivity contribution in [1.82, 2.24) is 20.0 Å². The Morgan fingerprint density at radius 2 is 2.11 bits per heavy atom. The highest BCUT2D eigenvalue weighted by Gasteiger charge is 2.13. The standard InChI is InChI=1S/C12H22N4OS/c1-3-15(10-12-14-13-11(2)18-12)4-5-16-6-8-17-9-7-16/h3-10H2,1-2H3. The summed E-state index contributed by atoms with van der Waals surface area (Å²) < 4.78 is 5.36. The molecule has 1 aromatic rings. The Bertz CT molecular complexity index is 352. The van der Waals surface area contributed by atoms with Gasteiger partial charge in [-0.05, 0) is 13.5 Å². The van der Waals surface area contributed by atoms with E-state index in [1.54, 1.807) is 11.3 Å². The quantitative estimate of drug-likeness (QED) is 0.771. The molecule has 0 aliphatic carbocycles. The molecule has 0 spiro atoms. The van der Waals surface area contributed by atoms with Gasteiger partial charge in [-0.1, -0.05) is 6.92 Å². The third-order valence-corrected chi connectivity index (χ3v) is 4.03. The third-order valence-electron chi connectivity index (χ3n) is 3.21. The topological polar surface area (TPSA) is 41.5 Å². The first-order chi connectivity index (χ1) is 8.78. The molecule has 0 unspecified atom stereocenters. The van der Waals surface area contributed by atoms with E-state index in [2.05, 4.69) is 26.9 Å². The molecule has 0 saturated carbocycles. The van der Waals surface area contributed by atoms with Gasteiger partial charge < -0.3 is 4.74 Å². The molecule has 5 nitrogen and oxygen atoms in total. The molecular weight excluding hydrogens is 248 g/mol. The molecule has 102 valence electrons. The van der Waals surface area contributed by atoms with Gasteiger partial charge in [-0.3, -0.25) is 9.80 Å². The van der Waals surface area contributed by atoms with Crippen LogP contribution < -0.4 is 0 Å². The number of hydrogen-bond acceptors (Lipinski definition) is 6. The van der Waals surface area contributed by atoms with Crippen LogP contribution in [0, 0.1) is 6.92 Å². The second-order valence-electron chi connectivity index (χ2n) is 4.54. The van der Waals surface area contributed by atoms with Crippen LogP contribution in [0.25, 0.3) is 0 Å². The maximum atomic E-state index is 5.36. The molecule has 0 aromatic carbocycles. The van der Waals surface area contributed by atoms with Gasteiger partial charge in [0.1, 0.15) is 10.0 Å². The van der Waals surface area contributed by atoms with Crippen molar-refractivity contribution in [3.05, 3.63) is 10.0 Å². The highest BCUT2D eigenvalue weighted by molar-refractivity contribution is 7.11. The van der Waals surface area contributed by atoms with Gasteiger partial charge in [0.05, 0.1) is 19.8 Å². The molecule has 0 bridgehead atoms. The molecule has 1 aromatic heterocycles. The summed E-state index contributed by atoms with van der Waals surface area (Å²) in [6.07, 6.45) is 0. The lowest BCUT2D eigenvalue weighted by molar-refractivity contribution is 0.0332. The lowest BCUT2D eigenvalue weighted by Crippen LogP contribution is -2.41. The Morgan fingerprint density at radius 3 is 2.72 bits per heavy atom. The first-order valence-corrected chi connectivity index (χ1v) is 7.41. The minimum absolute atomic E-state index is 0.877. The Labute approximate surface area is 113 Å². The molecule has 2 rings (SSSR count). The second kappa shape index (κ2) is 7.13. The molecular formula is C12H22N4OS. The van der Waals surface area contributed by atoms with Gasteiger partial charge in [0.2, 0.25) is 0 Å². The summed E-state index contributed by atoms with van der Waals surface area (Å²) in [5, 5.41) is 10.4. The zero-order valence-corrected chi connectivity index (χ0v) is 12.1. The van der Waals surface area contributed by atoms with E-state index in [0.717, 1.165) is 62.5 Å². The van der Waals surface area contributed by atoms with Crippen molar-refractivity contribution in [3.8, 4) is 0 Å². The third kappa shape index (κ3) is 4.28. The van der Waals surface area contributed by atoms with E-state index >= 15 is 0 Å². The minimum Gasteiger partial charge on any atom is -0.379 e. The molecule has 0 amide bonds. The number of hydrogen-bond donors (Lipinski definition) is 0. The van der Waals surface area contributed by atoms with Gasteiger partial charge in [-0.15, -0.1) is 21.5 Å². The molecule has 2 heterocycles. The monoisotopic (exact) mass is 270 g/mol. The van der Waals surface area contributed by atoms with Crippen molar-refractivity contribution < 1.29 is 4.74 Å². The van der Waals surface area contributed by atoms with E-state index in [4.69, 9.17) is 4.74 Å². The first kappa shape index (κ1) is 13.9. The highest BCUT2D eigenvalue weighted by Crippen LogP contribution is 2.10. The maximum Gasteiger partial charge on any atom is 0.131 e. The average Bonchev–Trinajstić information content (AvgIpc) is 2.81. The lowest BCUT2D eigenvalue weighted by Gasteiger charge is -2.29. The molecule has 0 atom stereocenters. The van der Waals surface area contributed by atoms with Crippen LogP contribution in [0.1, 0.15) is 16.9 Å². The minimum atomic E-state index is 0.877. The van der Waals surface area contributed by atoms with Gasteiger partial charge >= 0.3 is 0 Å². The van der Waals surface area contributed by atoms with Gasteiger partial charge in [-0.2, -0.15) is 0 Å². The Balaban J connectivity index is 1.74. The molecule has 1 fully saturated rings. The van der Waals surface area contributed by atoms with E-state index in [0.29, 0.717) is 0 Å². The molecule has 0 radical (unpaired) electrons. The van der Waals surface area contributed by atoms with Crippen molar-refractivity contribution >= 4 is 11.3 Å². The maximum absolute atomic E-state index is 5.36. The predicted molar refractivity (Wildman–Crippen MR) is 72.9 cm³/mol. The SMILES string of the molecule is CCN(CCN1CCOCC1)Cc1nnc(C)s1. The van der Waals surface area contributed by atoms with Crippen molar-refractivity contribution in [1.29, 1.82) is 0 Å². The first-order valence-electron chi connectivity index (χ1n) is 6.59. The van der Waals surface area contributed by atoms with Gasteiger partial charge in [0.25, 0.3) is 0 Å². The summed E-state index contributed by atoms with van der Waals surface area (Å²) >= 11 is 1.70. The van der Waals surface area contributed by atoms with E-state index in [1.165, 1.54) is 0 Å². The number of likely N-dealkylation sites (N-methyl/N-ethyl adjacent to an activating group) is 1.